The van der Waals surface area contributed by atoms with E-state index in [-0.39, 0.29) is 5.91 Å². The lowest BCUT2D eigenvalue weighted by Gasteiger charge is -2.08. The Morgan fingerprint density at radius 1 is 1.52 bits per heavy atom. The molecule has 1 aromatic heterocycles. The van der Waals surface area contributed by atoms with Gasteiger partial charge >= 0.3 is 0 Å². The molecule has 1 amide bonds. The molecule has 1 aromatic carbocycles. The van der Waals surface area contributed by atoms with Crippen LogP contribution in [0.3, 0.4) is 0 Å². The average Bonchev–Trinajstić information content (AvgIpc) is 3.20. The zero-order chi connectivity index (χ0) is 14.8. The number of carbonyl (C=O) groups excluding carboxylic acids is 1. The van der Waals surface area contributed by atoms with Crippen LogP contribution in [0.4, 0.5) is 0 Å². The van der Waals surface area contributed by atoms with Gasteiger partial charge in [-0.1, -0.05) is 17.7 Å². The van der Waals surface area contributed by atoms with E-state index in [4.69, 9.17) is 16.9 Å². The number of nitrogens with zero attached hydrogens (tertiary/aromatic N) is 3. The van der Waals surface area contributed by atoms with Crippen LogP contribution in [0.25, 0.3) is 5.69 Å². The van der Waals surface area contributed by atoms with Gasteiger partial charge in [0.05, 0.1) is 23.5 Å². The van der Waals surface area contributed by atoms with Gasteiger partial charge in [0.1, 0.15) is 6.04 Å². The van der Waals surface area contributed by atoms with Gasteiger partial charge in [-0.2, -0.15) is 10.4 Å². The van der Waals surface area contributed by atoms with Crippen LogP contribution >= 0.6 is 11.6 Å². The first kappa shape index (κ1) is 13.7. The molecule has 21 heavy (non-hydrogen) atoms. The molecule has 0 aliphatic heterocycles. The molecule has 0 radical (unpaired) electrons. The fraction of sp³-hybridized carbons (Fsp3) is 0.267. The summed E-state index contributed by atoms with van der Waals surface area (Å²) in [4.78, 5) is 12.1. The summed E-state index contributed by atoms with van der Waals surface area (Å²) in [6.45, 7) is 0. The summed E-state index contributed by atoms with van der Waals surface area (Å²) in [5.74, 6) is 0.0173. The van der Waals surface area contributed by atoms with E-state index in [2.05, 4.69) is 16.5 Å². The molecule has 5 nitrogen and oxygen atoms in total. The lowest BCUT2D eigenvalue weighted by molar-refractivity contribution is 0.0942. The number of halogens is 1. The van der Waals surface area contributed by atoms with Crippen molar-refractivity contribution in [3.63, 3.8) is 0 Å². The van der Waals surface area contributed by atoms with E-state index in [9.17, 15) is 4.79 Å². The third-order valence-electron chi connectivity index (χ3n) is 3.44. The largest absolute Gasteiger partial charge is 0.336 e. The molecule has 1 aliphatic carbocycles. The summed E-state index contributed by atoms with van der Waals surface area (Å²) in [5.41, 5.74) is 1.21. The first-order chi connectivity index (χ1) is 10.2. The summed E-state index contributed by atoms with van der Waals surface area (Å²) in [6.07, 6.45) is 5.11. The summed E-state index contributed by atoms with van der Waals surface area (Å²) in [6, 6.07) is 8.93. The fourth-order valence-corrected chi connectivity index (χ4v) is 2.29. The van der Waals surface area contributed by atoms with Gasteiger partial charge < -0.3 is 5.32 Å². The predicted molar refractivity (Wildman–Crippen MR) is 78.2 cm³/mol. The van der Waals surface area contributed by atoms with Crippen molar-refractivity contribution in [3.8, 4) is 11.8 Å². The number of hydrogen-bond acceptors (Lipinski definition) is 3. The molecule has 1 atom stereocenters. The number of hydrogen-bond donors (Lipinski definition) is 1. The number of rotatable bonds is 4. The van der Waals surface area contributed by atoms with E-state index in [0.717, 1.165) is 18.5 Å². The van der Waals surface area contributed by atoms with Crippen molar-refractivity contribution < 1.29 is 4.79 Å². The average molecular weight is 301 g/mol. The monoisotopic (exact) mass is 300 g/mol. The quantitative estimate of drug-likeness (QED) is 0.943. The summed E-state index contributed by atoms with van der Waals surface area (Å²) in [5, 5.41) is 16.5. The minimum Gasteiger partial charge on any atom is -0.336 e. The number of carbonyl (C=O) groups is 1. The van der Waals surface area contributed by atoms with Gasteiger partial charge in [-0.25, -0.2) is 4.68 Å². The maximum atomic E-state index is 12.1. The number of aromatic nitrogens is 2. The highest BCUT2D eigenvalue weighted by atomic mass is 35.5. The van der Waals surface area contributed by atoms with Crippen molar-refractivity contribution in [2.75, 3.05) is 0 Å². The van der Waals surface area contributed by atoms with Crippen LogP contribution in [0.5, 0.6) is 0 Å². The number of benzene rings is 1. The molecule has 2 aromatic rings. The van der Waals surface area contributed by atoms with Gasteiger partial charge in [-0.05, 0) is 37.0 Å². The summed E-state index contributed by atoms with van der Waals surface area (Å²) in [7, 11) is 0. The molecule has 1 aliphatic rings. The Kier molecular flexibility index (Phi) is 3.63. The molecular weight excluding hydrogens is 288 g/mol. The van der Waals surface area contributed by atoms with Crippen LogP contribution < -0.4 is 5.32 Å². The van der Waals surface area contributed by atoms with E-state index in [0.29, 0.717) is 16.5 Å². The molecule has 6 heteroatoms. The Labute approximate surface area is 127 Å². The van der Waals surface area contributed by atoms with Gasteiger partial charge in [-0.3, -0.25) is 4.79 Å². The van der Waals surface area contributed by atoms with E-state index in [1.165, 1.54) is 6.20 Å². The summed E-state index contributed by atoms with van der Waals surface area (Å²) >= 11 is 5.94. The van der Waals surface area contributed by atoms with Gasteiger partial charge in [-0.15, -0.1) is 0 Å². The normalized spacial score (nSPS) is 15.2. The van der Waals surface area contributed by atoms with E-state index < -0.39 is 6.04 Å². The molecule has 0 unspecified atom stereocenters. The van der Waals surface area contributed by atoms with Crippen LogP contribution in [-0.4, -0.2) is 21.7 Å². The second kappa shape index (κ2) is 5.58. The molecular formula is C15H13ClN4O. The van der Waals surface area contributed by atoms with Crippen molar-refractivity contribution in [1.82, 2.24) is 15.1 Å². The molecule has 0 spiro atoms. The molecule has 1 saturated carbocycles. The molecule has 1 N–H and O–H groups in total. The maximum Gasteiger partial charge on any atom is 0.255 e. The lowest BCUT2D eigenvalue weighted by atomic mass is 10.2. The smallest absolute Gasteiger partial charge is 0.255 e. The Hall–Kier alpha value is -2.32. The van der Waals surface area contributed by atoms with Crippen LogP contribution in [-0.2, 0) is 0 Å². The Balaban J connectivity index is 1.75. The van der Waals surface area contributed by atoms with Crippen molar-refractivity contribution in [1.29, 1.82) is 5.26 Å². The van der Waals surface area contributed by atoms with Crippen LogP contribution in [0, 0.1) is 17.2 Å². The summed E-state index contributed by atoms with van der Waals surface area (Å²) < 4.78 is 1.58. The second-order valence-electron chi connectivity index (χ2n) is 5.07. The molecule has 106 valence electrons. The van der Waals surface area contributed by atoms with E-state index >= 15 is 0 Å². The molecule has 1 heterocycles. The minimum atomic E-state index is -0.410. The molecule has 0 bridgehead atoms. The van der Waals surface area contributed by atoms with E-state index in [1.807, 2.05) is 12.1 Å². The fourth-order valence-electron chi connectivity index (χ4n) is 2.11. The zero-order valence-electron chi connectivity index (χ0n) is 11.2. The van der Waals surface area contributed by atoms with Crippen LogP contribution in [0.2, 0.25) is 5.02 Å². The third kappa shape index (κ3) is 3.06. The van der Waals surface area contributed by atoms with Crippen molar-refractivity contribution >= 4 is 17.5 Å². The van der Waals surface area contributed by atoms with Crippen molar-refractivity contribution in [2.24, 2.45) is 5.92 Å². The first-order valence-corrected chi connectivity index (χ1v) is 7.06. The molecule has 3 rings (SSSR count). The van der Waals surface area contributed by atoms with Gasteiger partial charge in [0.15, 0.2) is 0 Å². The van der Waals surface area contributed by atoms with Gasteiger partial charge in [0.2, 0.25) is 0 Å². The Morgan fingerprint density at radius 2 is 2.33 bits per heavy atom. The van der Waals surface area contributed by atoms with Crippen molar-refractivity contribution in [3.05, 3.63) is 47.2 Å². The maximum absolute atomic E-state index is 12.1. The highest BCUT2D eigenvalue weighted by molar-refractivity contribution is 6.30. The standard InChI is InChI=1S/C15H13ClN4O/c16-12-2-1-3-13(6-12)20-9-11(8-18-20)15(21)19-14(7-17)10-4-5-10/h1-3,6,8-10,14H,4-5H2,(H,19,21)/t14-/m0/s1. The van der Waals surface area contributed by atoms with Crippen molar-refractivity contribution in [2.45, 2.75) is 18.9 Å². The van der Waals surface area contributed by atoms with Gasteiger partial charge in [0.25, 0.3) is 5.91 Å². The Morgan fingerprint density at radius 3 is 3.00 bits per heavy atom. The van der Waals surface area contributed by atoms with Gasteiger partial charge in [0, 0.05) is 11.2 Å². The number of amides is 1. The number of nitrogens with one attached hydrogen (secondary N) is 1. The lowest BCUT2D eigenvalue weighted by Crippen LogP contribution is -2.35. The molecule has 1 fully saturated rings. The minimum absolute atomic E-state index is 0.276. The van der Waals surface area contributed by atoms with Crippen LogP contribution in [0.1, 0.15) is 23.2 Å². The zero-order valence-corrected chi connectivity index (χ0v) is 11.9. The highest BCUT2D eigenvalue weighted by Crippen LogP contribution is 2.32. The van der Waals surface area contributed by atoms with E-state index in [1.54, 1.807) is 23.0 Å². The predicted octanol–water partition coefficient (Wildman–Crippen LogP) is 2.56. The topological polar surface area (TPSA) is 70.7 Å². The second-order valence-corrected chi connectivity index (χ2v) is 5.51. The Bertz CT molecular complexity index is 714. The third-order valence-corrected chi connectivity index (χ3v) is 3.67. The van der Waals surface area contributed by atoms with Crippen LogP contribution in [0.15, 0.2) is 36.7 Å². The first-order valence-electron chi connectivity index (χ1n) is 6.68. The number of nitriles is 1. The molecule has 0 saturated heterocycles. The SMILES string of the molecule is N#C[C@H](NC(=O)c1cnn(-c2cccc(Cl)c2)c1)C1CC1. The highest BCUT2D eigenvalue weighted by Gasteiger charge is 2.32.